The van der Waals surface area contributed by atoms with Gasteiger partial charge in [-0.05, 0) is 62.8 Å². The third-order valence-electron chi connectivity index (χ3n) is 5.18. The van der Waals surface area contributed by atoms with Crippen molar-refractivity contribution >= 4 is 5.91 Å². The molecule has 1 aromatic heterocycles. The maximum atomic E-state index is 13.2. The van der Waals surface area contributed by atoms with E-state index < -0.39 is 0 Å². The van der Waals surface area contributed by atoms with E-state index >= 15 is 0 Å². The number of nitrogens with one attached hydrogen (secondary N) is 1. The first-order valence-electron chi connectivity index (χ1n) is 9.74. The number of nitrogens with zero attached hydrogens (tertiary/aromatic N) is 3. The summed E-state index contributed by atoms with van der Waals surface area (Å²) in [5, 5.41) is 7.33. The zero-order valence-electron chi connectivity index (χ0n) is 17.3. The Bertz CT molecular complexity index is 962. The lowest BCUT2D eigenvalue weighted by atomic mass is 10.0. The largest absolute Gasteiger partial charge is 0.350 e. The van der Waals surface area contributed by atoms with Crippen LogP contribution in [0.25, 0.3) is 5.69 Å². The van der Waals surface area contributed by atoms with E-state index in [4.69, 9.17) is 0 Å². The molecule has 29 heavy (non-hydrogen) atoms. The van der Waals surface area contributed by atoms with Crippen LogP contribution in [0, 0.1) is 12.7 Å². The van der Waals surface area contributed by atoms with E-state index in [0.29, 0.717) is 23.5 Å². The number of amides is 1. The Morgan fingerprint density at radius 1 is 1.14 bits per heavy atom. The third-order valence-corrected chi connectivity index (χ3v) is 5.18. The van der Waals surface area contributed by atoms with Gasteiger partial charge in [0.1, 0.15) is 5.82 Å². The lowest BCUT2D eigenvalue weighted by molar-refractivity contribution is 0.0941. The molecule has 0 spiro atoms. The van der Waals surface area contributed by atoms with Crippen molar-refractivity contribution in [1.82, 2.24) is 20.0 Å². The van der Waals surface area contributed by atoms with Crippen LogP contribution in [0.3, 0.4) is 0 Å². The molecule has 1 unspecified atom stereocenters. The highest BCUT2D eigenvalue weighted by Gasteiger charge is 2.19. The van der Waals surface area contributed by atoms with E-state index in [0.717, 1.165) is 12.0 Å². The van der Waals surface area contributed by atoms with E-state index in [1.54, 1.807) is 23.0 Å². The maximum absolute atomic E-state index is 13.2. The summed E-state index contributed by atoms with van der Waals surface area (Å²) in [6.07, 6.45) is 2.55. The van der Waals surface area contributed by atoms with E-state index in [2.05, 4.69) is 46.5 Å². The minimum Gasteiger partial charge on any atom is -0.350 e. The molecule has 5 nitrogen and oxygen atoms in total. The van der Waals surface area contributed by atoms with Gasteiger partial charge in [0.15, 0.2) is 0 Å². The molecule has 1 N–H and O–H groups in total. The van der Waals surface area contributed by atoms with Gasteiger partial charge in [-0.15, -0.1) is 0 Å². The van der Waals surface area contributed by atoms with Crippen molar-refractivity contribution in [3.05, 3.63) is 82.9 Å². The smallest absolute Gasteiger partial charge is 0.254 e. The van der Waals surface area contributed by atoms with Crippen LogP contribution in [-0.4, -0.2) is 41.2 Å². The molecular formula is C23H27FN4O. The normalized spacial score (nSPS) is 12.2. The summed E-state index contributed by atoms with van der Waals surface area (Å²) in [5.41, 5.74) is 4.38. The lowest BCUT2D eigenvalue weighted by Crippen LogP contribution is -2.34. The highest BCUT2D eigenvalue weighted by atomic mass is 19.1. The number of aryl methyl sites for hydroxylation is 1. The van der Waals surface area contributed by atoms with E-state index in [-0.39, 0.29) is 17.8 Å². The summed E-state index contributed by atoms with van der Waals surface area (Å²) >= 11 is 0. The van der Waals surface area contributed by atoms with Crippen LogP contribution in [0.4, 0.5) is 4.39 Å². The number of hydrogen-bond donors (Lipinski definition) is 1. The van der Waals surface area contributed by atoms with Crippen LogP contribution >= 0.6 is 0 Å². The molecule has 3 aromatic rings. The van der Waals surface area contributed by atoms with Crippen LogP contribution in [0.2, 0.25) is 0 Å². The topological polar surface area (TPSA) is 50.2 Å². The third kappa shape index (κ3) is 4.71. The minimum absolute atomic E-state index is 0.0669. The number of rotatable bonds is 7. The second kappa shape index (κ2) is 9.01. The molecule has 152 valence electrons. The monoisotopic (exact) mass is 394 g/mol. The Balaban J connectivity index is 1.72. The van der Waals surface area contributed by atoms with Crippen molar-refractivity contribution in [2.75, 3.05) is 20.6 Å². The van der Waals surface area contributed by atoms with Gasteiger partial charge in [0.2, 0.25) is 0 Å². The zero-order valence-corrected chi connectivity index (χ0v) is 17.3. The second-order valence-corrected chi connectivity index (χ2v) is 7.32. The van der Waals surface area contributed by atoms with Gasteiger partial charge in [-0.2, -0.15) is 5.10 Å². The van der Waals surface area contributed by atoms with Gasteiger partial charge >= 0.3 is 0 Å². The first-order chi connectivity index (χ1) is 13.9. The summed E-state index contributed by atoms with van der Waals surface area (Å²) in [6.45, 7) is 4.45. The maximum Gasteiger partial charge on any atom is 0.254 e. The van der Waals surface area contributed by atoms with E-state index in [9.17, 15) is 9.18 Å². The SMILES string of the molecule is CCc1ccc(C(CNC(=O)c2cnn(-c3ccc(F)cc3)c2C)N(C)C)cc1. The minimum atomic E-state index is -0.307. The van der Waals surface area contributed by atoms with Crippen LogP contribution in [0.1, 0.15) is 40.1 Å². The molecule has 0 bridgehead atoms. The molecule has 6 heteroatoms. The van der Waals surface area contributed by atoms with Crippen LogP contribution < -0.4 is 5.32 Å². The Morgan fingerprint density at radius 3 is 2.38 bits per heavy atom. The van der Waals surface area contributed by atoms with Gasteiger partial charge < -0.3 is 10.2 Å². The molecule has 0 aliphatic heterocycles. The quantitative estimate of drug-likeness (QED) is 0.661. The Hall–Kier alpha value is -2.99. The number of carbonyl (C=O) groups is 1. The van der Waals surface area contributed by atoms with Crippen LogP contribution in [0.15, 0.2) is 54.7 Å². The van der Waals surface area contributed by atoms with Crippen molar-refractivity contribution in [3.63, 3.8) is 0 Å². The Kier molecular flexibility index (Phi) is 6.44. The number of carbonyl (C=O) groups excluding carboxylic acids is 1. The van der Waals surface area contributed by atoms with Gasteiger partial charge in [0.25, 0.3) is 5.91 Å². The average molecular weight is 394 g/mol. The van der Waals surface area contributed by atoms with Gasteiger partial charge in [-0.3, -0.25) is 4.79 Å². The van der Waals surface area contributed by atoms with Crippen molar-refractivity contribution in [2.24, 2.45) is 0 Å². The van der Waals surface area contributed by atoms with Gasteiger partial charge in [0.05, 0.1) is 29.2 Å². The lowest BCUT2D eigenvalue weighted by Gasteiger charge is -2.25. The zero-order chi connectivity index (χ0) is 21.0. The molecular weight excluding hydrogens is 367 g/mol. The van der Waals surface area contributed by atoms with E-state index in [1.165, 1.54) is 17.7 Å². The van der Waals surface area contributed by atoms with Gasteiger partial charge in [-0.1, -0.05) is 31.2 Å². The molecule has 0 radical (unpaired) electrons. The molecule has 0 aliphatic rings. The number of aromatic nitrogens is 2. The molecule has 1 amide bonds. The molecule has 3 rings (SSSR count). The summed E-state index contributed by atoms with van der Waals surface area (Å²) < 4.78 is 14.8. The highest BCUT2D eigenvalue weighted by molar-refractivity contribution is 5.95. The predicted molar refractivity (Wildman–Crippen MR) is 113 cm³/mol. The van der Waals surface area contributed by atoms with Crippen molar-refractivity contribution < 1.29 is 9.18 Å². The highest BCUT2D eigenvalue weighted by Crippen LogP contribution is 2.19. The first-order valence-corrected chi connectivity index (χ1v) is 9.74. The predicted octanol–water partition coefficient (Wildman–Crippen LogP) is 3.91. The van der Waals surface area contributed by atoms with Crippen molar-refractivity contribution in [2.45, 2.75) is 26.3 Å². The Morgan fingerprint density at radius 2 is 1.79 bits per heavy atom. The first kappa shape index (κ1) is 20.7. The number of likely N-dealkylation sites (N-methyl/N-ethyl adjacent to an activating group) is 1. The summed E-state index contributed by atoms with van der Waals surface area (Å²) in [4.78, 5) is 14.9. The molecule has 0 saturated heterocycles. The van der Waals surface area contributed by atoms with Crippen LogP contribution in [0.5, 0.6) is 0 Å². The summed E-state index contributed by atoms with van der Waals surface area (Å²) in [7, 11) is 4.00. The fourth-order valence-corrected chi connectivity index (χ4v) is 3.33. The second-order valence-electron chi connectivity index (χ2n) is 7.32. The number of hydrogen-bond acceptors (Lipinski definition) is 3. The van der Waals surface area contributed by atoms with Crippen molar-refractivity contribution in [3.8, 4) is 5.69 Å². The van der Waals surface area contributed by atoms with Crippen molar-refractivity contribution in [1.29, 1.82) is 0 Å². The molecule has 0 saturated carbocycles. The fraction of sp³-hybridized carbons (Fsp3) is 0.304. The average Bonchev–Trinajstić information content (AvgIpc) is 3.10. The summed E-state index contributed by atoms with van der Waals surface area (Å²) in [6, 6.07) is 14.6. The molecule has 0 fully saturated rings. The number of benzene rings is 2. The Labute approximate surface area is 171 Å². The standard InChI is InChI=1S/C23H27FN4O/c1-5-17-6-8-18(9-7-17)22(27(3)4)15-25-23(29)21-14-26-28(16(21)2)20-12-10-19(24)11-13-20/h6-14,22H,5,15H2,1-4H3,(H,25,29). The molecule has 1 atom stereocenters. The van der Waals surface area contributed by atoms with Crippen LogP contribution in [-0.2, 0) is 6.42 Å². The molecule has 1 heterocycles. The number of halogens is 1. The molecule has 2 aromatic carbocycles. The van der Waals surface area contributed by atoms with E-state index in [1.807, 2.05) is 21.0 Å². The van der Waals surface area contributed by atoms with Gasteiger partial charge in [-0.25, -0.2) is 9.07 Å². The fourth-order valence-electron chi connectivity index (χ4n) is 3.33. The van der Waals surface area contributed by atoms with Gasteiger partial charge in [0, 0.05) is 6.54 Å². The summed E-state index contributed by atoms with van der Waals surface area (Å²) in [5.74, 6) is -0.480. The molecule has 0 aliphatic carbocycles.